The highest BCUT2D eigenvalue weighted by Gasteiger charge is 2.40. The monoisotopic (exact) mass is 309 g/mol. The van der Waals surface area contributed by atoms with E-state index in [9.17, 15) is 18.0 Å². The highest BCUT2D eigenvalue weighted by Crippen LogP contribution is 2.42. The van der Waals surface area contributed by atoms with Gasteiger partial charge in [-0.1, -0.05) is 17.7 Å². The van der Waals surface area contributed by atoms with Gasteiger partial charge in [-0.25, -0.2) is 0 Å². The van der Waals surface area contributed by atoms with Crippen molar-refractivity contribution in [3.63, 3.8) is 0 Å². The first-order chi connectivity index (χ1) is 8.84. The number of hydrogen-bond acceptors (Lipinski definition) is 2. The van der Waals surface area contributed by atoms with E-state index in [1.807, 2.05) is 0 Å². The minimum absolute atomic E-state index is 0.0316. The van der Waals surface area contributed by atoms with Crippen molar-refractivity contribution in [1.29, 1.82) is 0 Å². The van der Waals surface area contributed by atoms with E-state index in [4.69, 9.17) is 11.6 Å². The smallest absolute Gasteiger partial charge is 0.311 e. The zero-order valence-corrected chi connectivity index (χ0v) is 11.4. The van der Waals surface area contributed by atoms with Gasteiger partial charge in [0.25, 0.3) is 0 Å². The maximum atomic E-state index is 13.0. The Kier molecular flexibility index (Phi) is 4.01. The van der Waals surface area contributed by atoms with Crippen LogP contribution in [0.15, 0.2) is 18.2 Å². The molecule has 1 aromatic carbocycles. The molecule has 2 rings (SSSR count). The van der Waals surface area contributed by atoms with Crippen LogP contribution in [-0.2, 0) is 11.0 Å². The van der Waals surface area contributed by atoms with E-state index in [0.29, 0.717) is 5.75 Å². The van der Waals surface area contributed by atoms with Crippen LogP contribution in [0.2, 0.25) is 5.02 Å². The summed E-state index contributed by atoms with van der Waals surface area (Å²) in [6.07, 6.45) is -4.37. The van der Waals surface area contributed by atoms with Gasteiger partial charge in [0.05, 0.1) is 16.3 Å². The molecule has 0 saturated carbocycles. The Morgan fingerprint density at radius 1 is 1.42 bits per heavy atom. The Balaban J connectivity index is 2.46. The Morgan fingerprint density at radius 3 is 2.63 bits per heavy atom. The maximum Gasteiger partial charge on any atom is 0.419 e. The van der Waals surface area contributed by atoms with E-state index >= 15 is 0 Å². The molecule has 1 atom stereocenters. The quantitative estimate of drug-likeness (QED) is 0.827. The van der Waals surface area contributed by atoms with Crippen LogP contribution in [0, 0.1) is 5.92 Å². The number of nitrogens with zero attached hydrogens (tertiary/aromatic N) is 1. The molecule has 1 unspecified atom stereocenters. The molecule has 0 aromatic heterocycles. The van der Waals surface area contributed by atoms with Crippen molar-refractivity contribution in [2.45, 2.75) is 12.6 Å². The first kappa shape index (κ1) is 14.5. The lowest BCUT2D eigenvalue weighted by Crippen LogP contribution is -2.27. The predicted octanol–water partition coefficient (Wildman–Crippen LogP) is 3.64. The normalized spacial score (nSPS) is 20.2. The fraction of sp³-hybridized carbons (Fsp3) is 0.417. The van der Waals surface area contributed by atoms with Gasteiger partial charge in [0.2, 0.25) is 5.91 Å². The van der Waals surface area contributed by atoms with Crippen molar-refractivity contribution in [1.82, 2.24) is 0 Å². The molecule has 2 nitrogen and oxygen atoms in total. The maximum absolute atomic E-state index is 13.0. The molecule has 0 spiro atoms. The van der Waals surface area contributed by atoms with Crippen LogP contribution in [0.25, 0.3) is 0 Å². The number of rotatable bonds is 2. The summed E-state index contributed by atoms with van der Waals surface area (Å²) in [6.45, 7) is 0.242. The Hall–Kier alpha value is -0.880. The largest absolute Gasteiger partial charge is 0.419 e. The van der Waals surface area contributed by atoms with E-state index in [2.05, 4.69) is 12.6 Å². The molecular weight excluding hydrogens is 299 g/mol. The molecule has 1 fully saturated rings. The van der Waals surface area contributed by atoms with Gasteiger partial charge < -0.3 is 4.90 Å². The van der Waals surface area contributed by atoms with Gasteiger partial charge >= 0.3 is 6.18 Å². The number of halogens is 4. The van der Waals surface area contributed by atoms with Gasteiger partial charge in [0, 0.05) is 13.0 Å². The summed E-state index contributed by atoms with van der Waals surface area (Å²) in [5.41, 5.74) is -1.13. The first-order valence-corrected chi connectivity index (χ1v) is 6.62. The summed E-state index contributed by atoms with van der Waals surface area (Å²) >= 11 is 9.72. The fourth-order valence-corrected chi connectivity index (χ4v) is 2.68. The molecule has 1 aliphatic heterocycles. The molecule has 1 saturated heterocycles. The Labute approximate surface area is 118 Å². The second kappa shape index (κ2) is 5.25. The number of amides is 1. The number of anilines is 1. The van der Waals surface area contributed by atoms with Crippen molar-refractivity contribution in [3.05, 3.63) is 28.8 Å². The van der Waals surface area contributed by atoms with Crippen molar-refractivity contribution >= 4 is 35.8 Å². The fourth-order valence-electron chi connectivity index (χ4n) is 2.15. The molecule has 1 amide bonds. The lowest BCUT2D eigenvalue weighted by atomic mass is 10.1. The summed E-state index contributed by atoms with van der Waals surface area (Å²) in [5.74, 6) is 0.104. The van der Waals surface area contributed by atoms with Gasteiger partial charge in [-0.05, 0) is 23.8 Å². The molecule has 0 radical (unpaired) electrons. The number of thiol groups is 1. The summed E-state index contributed by atoms with van der Waals surface area (Å²) in [7, 11) is 0. The van der Waals surface area contributed by atoms with E-state index < -0.39 is 16.8 Å². The van der Waals surface area contributed by atoms with Crippen LogP contribution in [0.1, 0.15) is 12.0 Å². The number of carbonyl (C=O) groups excluding carboxylic acids is 1. The molecule has 0 bridgehead atoms. The van der Waals surface area contributed by atoms with Gasteiger partial charge in [-0.3, -0.25) is 4.79 Å². The minimum Gasteiger partial charge on any atom is -0.311 e. The van der Waals surface area contributed by atoms with Crippen LogP contribution in [0.4, 0.5) is 18.9 Å². The molecule has 1 aliphatic rings. The van der Waals surface area contributed by atoms with Gasteiger partial charge in [-0.15, -0.1) is 0 Å². The van der Waals surface area contributed by atoms with Crippen LogP contribution >= 0.6 is 24.2 Å². The molecule has 104 valence electrons. The molecule has 0 aliphatic carbocycles. The van der Waals surface area contributed by atoms with Crippen molar-refractivity contribution < 1.29 is 18.0 Å². The topological polar surface area (TPSA) is 20.3 Å². The molecule has 19 heavy (non-hydrogen) atoms. The van der Waals surface area contributed by atoms with Crippen LogP contribution < -0.4 is 4.90 Å². The lowest BCUT2D eigenvalue weighted by Gasteiger charge is -2.22. The second-order valence-electron chi connectivity index (χ2n) is 4.39. The number of hydrogen-bond donors (Lipinski definition) is 1. The molecule has 1 aromatic rings. The molecule has 0 N–H and O–H groups in total. The lowest BCUT2D eigenvalue weighted by molar-refractivity contribution is -0.137. The van der Waals surface area contributed by atoms with Crippen LogP contribution in [0.5, 0.6) is 0 Å². The van der Waals surface area contributed by atoms with Crippen molar-refractivity contribution in [2.24, 2.45) is 5.92 Å². The van der Waals surface area contributed by atoms with E-state index in [1.54, 1.807) is 0 Å². The van der Waals surface area contributed by atoms with E-state index in [0.717, 1.165) is 4.90 Å². The SMILES string of the molecule is O=C1CC(CS)CN1c1cccc(Cl)c1C(F)(F)F. The molecule has 1 heterocycles. The molecule has 7 heteroatoms. The third-order valence-electron chi connectivity index (χ3n) is 3.03. The summed E-state index contributed by atoms with van der Waals surface area (Å²) in [6, 6.07) is 3.85. The van der Waals surface area contributed by atoms with Crippen LogP contribution in [0.3, 0.4) is 0 Å². The number of carbonyl (C=O) groups is 1. The third-order valence-corrected chi connectivity index (χ3v) is 3.86. The number of benzene rings is 1. The zero-order chi connectivity index (χ0) is 14.2. The summed E-state index contributed by atoms with van der Waals surface area (Å²) in [4.78, 5) is 13.0. The second-order valence-corrected chi connectivity index (χ2v) is 5.16. The Morgan fingerprint density at radius 2 is 2.11 bits per heavy atom. The minimum atomic E-state index is -4.59. The zero-order valence-electron chi connectivity index (χ0n) is 9.75. The number of alkyl halides is 3. The Bertz CT molecular complexity index is 506. The van der Waals surface area contributed by atoms with E-state index in [1.165, 1.54) is 18.2 Å². The third kappa shape index (κ3) is 2.84. The first-order valence-electron chi connectivity index (χ1n) is 5.61. The predicted molar refractivity (Wildman–Crippen MR) is 70.8 cm³/mol. The molecular formula is C12H11ClF3NOS. The standard InChI is InChI=1S/C12H11ClF3NOS/c13-8-2-1-3-9(11(8)12(14,15)16)17-5-7(6-19)4-10(17)18/h1-3,7,19H,4-6H2. The van der Waals surface area contributed by atoms with Crippen molar-refractivity contribution in [3.8, 4) is 0 Å². The highest BCUT2D eigenvalue weighted by atomic mass is 35.5. The average molecular weight is 310 g/mol. The van der Waals surface area contributed by atoms with Gasteiger partial charge in [0.1, 0.15) is 0 Å². The van der Waals surface area contributed by atoms with Gasteiger partial charge in [-0.2, -0.15) is 25.8 Å². The summed E-state index contributed by atoms with van der Waals surface area (Å²) < 4.78 is 39.1. The summed E-state index contributed by atoms with van der Waals surface area (Å²) in [5, 5.41) is -0.396. The average Bonchev–Trinajstić information content (AvgIpc) is 2.68. The van der Waals surface area contributed by atoms with E-state index in [-0.39, 0.29) is 30.5 Å². The van der Waals surface area contributed by atoms with Crippen LogP contribution in [-0.4, -0.2) is 18.2 Å². The van der Waals surface area contributed by atoms with Gasteiger partial charge in [0.15, 0.2) is 0 Å². The van der Waals surface area contributed by atoms with Crippen molar-refractivity contribution in [2.75, 3.05) is 17.2 Å². The highest BCUT2D eigenvalue weighted by molar-refractivity contribution is 7.80.